The first-order chi connectivity index (χ1) is 13.7. The molecule has 5 heteroatoms. The van der Waals surface area contributed by atoms with Gasteiger partial charge in [0, 0.05) is 22.0 Å². The van der Waals surface area contributed by atoms with Crippen molar-refractivity contribution in [3.63, 3.8) is 0 Å². The second-order valence-electron chi connectivity index (χ2n) is 6.72. The Morgan fingerprint density at radius 3 is 2.68 bits per heavy atom. The molecular formula is C23H22ClN3O. The zero-order valence-electron chi connectivity index (χ0n) is 15.7. The number of pyridine rings is 1. The average molecular weight is 392 g/mol. The van der Waals surface area contributed by atoms with Crippen LogP contribution in [0.1, 0.15) is 19.0 Å². The van der Waals surface area contributed by atoms with Gasteiger partial charge in [0.25, 0.3) is 0 Å². The Bertz CT molecular complexity index is 1120. The SMILES string of the molecule is CCCOc1ccc2cc(-c3ccccc3Cl)n(Cc3cccc(N)n3)c2c1. The summed E-state index contributed by atoms with van der Waals surface area (Å²) in [6.07, 6.45) is 0.969. The molecule has 4 rings (SSSR count). The maximum atomic E-state index is 6.51. The topological polar surface area (TPSA) is 53.1 Å². The van der Waals surface area contributed by atoms with E-state index < -0.39 is 0 Å². The van der Waals surface area contributed by atoms with Crippen LogP contribution in [-0.4, -0.2) is 16.2 Å². The summed E-state index contributed by atoms with van der Waals surface area (Å²) in [5, 5.41) is 1.84. The largest absolute Gasteiger partial charge is 0.494 e. The minimum Gasteiger partial charge on any atom is -0.494 e. The molecule has 142 valence electrons. The van der Waals surface area contributed by atoms with Crippen LogP contribution in [0.3, 0.4) is 0 Å². The van der Waals surface area contributed by atoms with Crippen molar-refractivity contribution in [3.8, 4) is 17.0 Å². The molecule has 0 atom stereocenters. The van der Waals surface area contributed by atoms with Crippen molar-refractivity contribution in [2.75, 3.05) is 12.3 Å². The Morgan fingerprint density at radius 2 is 1.89 bits per heavy atom. The lowest BCUT2D eigenvalue weighted by Crippen LogP contribution is -2.05. The van der Waals surface area contributed by atoms with Gasteiger partial charge >= 0.3 is 0 Å². The zero-order valence-corrected chi connectivity index (χ0v) is 16.5. The van der Waals surface area contributed by atoms with E-state index in [9.17, 15) is 0 Å². The van der Waals surface area contributed by atoms with E-state index in [-0.39, 0.29) is 0 Å². The van der Waals surface area contributed by atoms with Gasteiger partial charge in [0.1, 0.15) is 11.6 Å². The van der Waals surface area contributed by atoms with E-state index in [1.54, 1.807) is 6.07 Å². The molecule has 0 unspecified atom stereocenters. The molecule has 0 spiro atoms. The van der Waals surface area contributed by atoms with Crippen LogP contribution in [0, 0.1) is 0 Å². The van der Waals surface area contributed by atoms with E-state index in [1.807, 2.05) is 42.5 Å². The van der Waals surface area contributed by atoms with Crippen molar-refractivity contribution in [1.29, 1.82) is 0 Å². The van der Waals surface area contributed by atoms with E-state index >= 15 is 0 Å². The second kappa shape index (κ2) is 7.95. The van der Waals surface area contributed by atoms with Gasteiger partial charge in [0.05, 0.1) is 30.1 Å². The highest BCUT2D eigenvalue weighted by Gasteiger charge is 2.15. The van der Waals surface area contributed by atoms with Gasteiger partial charge in [-0.15, -0.1) is 0 Å². The molecule has 2 aromatic carbocycles. The molecule has 0 saturated heterocycles. The Balaban J connectivity index is 1.88. The predicted octanol–water partition coefficient (Wildman–Crippen LogP) is 5.78. The number of nitrogen functional groups attached to an aromatic ring is 1. The molecule has 2 N–H and O–H groups in total. The van der Waals surface area contributed by atoms with Gasteiger partial charge in [-0.1, -0.05) is 42.8 Å². The van der Waals surface area contributed by atoms with Crippen LogP contribution < -0.4 is 10.5 Å². The molecule has 0 amide bonds. The van der Waals surface area contributed by atoms with E-state index in [4.69, 9.17) is 22.1 Å². The molecule has 4 nitrogen and oxygen atoms in total. The van der Waals surface area contributed by atoms with E-state index in [1.165, 1.54) is 0 Å². The summed E-state index contributed by atoms with van der Waals surface area (Å²) in [4.78, 5) is 4.48. The van der Waals surface area contributed by atoms with Gasteiger partial charge in [0.15, 0.2) is 0 Å². The monoisotopic (exact) mass is 391 g/mol. The van der Waals surface area contributed by atoms with Crippen molar-refractivity contribution in [2.45, 2.75) is 19.9 Å². The fraction of sp³-hybridized carbons (Fsp3) is 0.174. The van der Waals surface area contributed by atoms with Crippen LogP contribution in [0.5, 0.6) is 5.75 Å². The number of hydrogen-bond donors (Lipinski definition) is 1. The van der Waals surface area contributed by atoms with Crippen LogP contribution in [0.25, 0.3) is 22.2 Å². The Morgan fingerprint density at radius 1 is 1.04 bits per heavy atom. The normalized spacial score (nSPS) is 11.1. The molecule has 0 aliphatic heterocycles. The summed E-state index contributed by atoms with van der Waals surface area (Å²) < 4.78 is 8.07. The zero-order chi connectivity index (χ0) is 19.5. The lowest BCUT2D eigenvalue weighted by atomic mass is 10.1. The van der Waals surface area contributed by atoms with Crippen LogP contribution in [0.4, 0.5) is 5.82 Å². The van der Waals surface area contributed by atoms with Crippen LogP contribution >= 0.6 is 11.6 Å². The molecule has 2 aromatic heterocycles. The Hall–Kier alpha value is -2.98. The number of ether oxygens (including phenoxy) is 1. The average Bonchev–Trinajstić information content (AvgIpc) is 3.04. The van der Waals surface area contributed by atoms with Crippen LogP contribution in [0.2, 0.25) is 5.02 Å². The number of anilines is 1. The maximum Gasteiger partial charge on any atom is 0.123 e. The number of fused-ring (bicyclic) bond motifs is 1. The summed E-state index contributed by atoms with van der Waals surface area (Å²) in [6, 6.07) is 21.9. The van der Waals surface area contributed by atoms with Crippen molar-refractivity contribution < 1.29 is 4.74 Å². The van der Waals surface area contributed by atoms with Gasteiger partial charge < -0.3 is 15.0 Å². The number of hydrogen-bond acceptors (Lipinski definition) is 3. The highest BCUT2D eigenvalue weighted by molar-refractivity contribution is 6.33. The molecule has 0 saturated carbocycles. The Labute approximate surface area is 169 Å². The summed E-state index contributed by atoms with van der Waals surface area (Å²) in [6.45, 7) is 3.38. The third-order valence-corrected chi connectivity index (χ3v) is 4.98. The standard InChI is InChI=1S/C23H22ClN3O/c1-2-12-28-18-11-10-16-13-22(19-7-3-4-8-20(19)24)27(21(16)14-18)15-17-6-5-9-23(25)26-17/h3-11,13-14H,2,12,15H2,1H3,(H2,25,26). The first-order valence-corrected chi connectivity index (χ1v) is 9.76. The minimum atomic E-state index is 0.514. The second-order valence-corrected chi connectivity index (χ2v) is 7.13. The molecule has 0 aliphatic rings. The molecular weight excluding hydrogens is 370 g/mol. The van der Waals surface area contributed by atoms with E-state index in [0.29, 0.717) is 19.0 Å². The predicted molar refractivity (Wildman–Crippen MR) is 116 cm³/mol. The van der Waals surface area contributed by atoms with Gasteiger partial charge in [-0.2, -0.15) is 0 Å². The quantitative estimate of drug-likeness (QED) is 0.453. The van der Waals surface area contributed by atoms with Crippen molar-refractivity contribution >= 4 is 28.3 Å². The molecule has 4 aromatic rings. The van der Waals surface area contributed by atoms with Crippen molar-refractivity contribution in [2.24, 2.45) is 0 Å². The summed E-state index contributed by atoms with van der Waals surface area (Å²) >= 11 is 6.51. The maximum absolute atomic E-state index is 6.51. The van der Waals surface area contributed by atoms with Crippen molar-refractivity contribution in [3.05, 3.63) is 77.4 Å². The summed E-state index contributed by atoms with van der Waals surface area (Å²) in [5.74, 6) is 1.38. The fourth-order valence-electron chi connectivity index (χ4n) is 3.35. The van der Waals surface area contributed by atoms with Crippen LogP contribution in [0.15, 0.2) is 66.7 Å². The number of nitrogens with two attached hydrogens (primary N) is 1. The number of halogens is 1. The lowest BCUT2D eigenvalue weighted by Gasteiger charge is -2.13. The third-order valence-electron chi connectivity index (χ3n) is 4.65. The van der Waals surface area contributed by atoms with Gasteiger partial charge in [-0.25, -0.2) is 4.98 Å². The Kier molecular flexibility index (Phi) is 5.22. The molecule has 2 heterocycles. The van der Waals surface area contributed by atoms with Gasteiger partial charge in [-0.05, 0) is 42.8 Å². The highest BCUT2D eigenvalue weighted by Crippen LogP contribution is 2.34. The van der Waals surface area contributed by atoms with Gasteiger partial charge in [-0.3, -0.25) is 0 Å². The molecule has 0 bridgehead atoms. The van der Waals surface area contributed by atoms with Gasteiger partial charge in [0.2, 0.25) is 0 Å². The first kappa shape index (κ1) is 18.4. The van der Waals surface area contributed by atoms with Crippen LogP contribution in [-0.2, 0) is 6.54 Å². The first-order valence-electron chi connectivity index (χ1n) is 9.38. The highest BCUT2D eigenvalue weighted by atomic mass is 35.5. The lowest BCUT2D eigenvalue weighted by molar-refractivity contribution is 0.318. The summed E-state index contributed by atoms with van der Waals surface area (Å²) in [5.41, 5.74) is 9.89. The van der Waals surface area contributed by atoms with Crippen molar-refractivity contribution in [1.82, 2.24) is 9.55 Å². The smallest absolute Gasteiger partial charge is 0.123 e. The number of nitrogens with zero attached hydrogens (tertiary/aromatic N) is 2. The van der Waals surface area contributed by atoms with E-state index in [0.717, 1.165) is 45.0 Å². The number of benzene rings is 2. The molecule has 0 aliphatic carbocycles. The number of rotatable bonds is 6. The summed E-state index contributed by atoms with van der Waals surface area (Å²) in [7, 11) is 0. The third kappa shape index (κ3) is 3.69. The molecule has 0 fully saturated rings. The number of aromatic nitrogens is 2. The molecule has 0 radical (unpaired) electrons. The van der Waals surface area contributed by atoms with E-state index in [2.05, 4.69) is 34.7 Å². The fourth-order valence-corrected chi connectivity index (χ4v) is 3.59. The molecule has 28 heavy (non-hydrogen) atoms. The minimum absolute atomic E-state index is 0.514.